The van der Waals surface area contributed by atoms with Crippen molar-refractivity contribution in [3.8, 4) is 17.2 Å². The highest BCUT2D eigenvalue weighted by atomic mass is 16.6. The van der Waals surface area contributed by atoms with E-state index in [0.29, 0.717) is 0 Å². The molecule has 10 heteroatoms. The fraction of sp³-hybridized carbons (Fsp3) is 0.190. The molecular weight excluding hydrogens is 402 g/mol. The van der Waals surface area contributed by atoms with Crippen molar-refractivity contribution in [3.05, 3.63) is 75.1 Å². The van der Waals surface area contributed by atoms with Gasteiger partial charge in [-0.05, 0) is 31.4 Å². The number of nitro groups is 1. The summed E-state index contributed by atoms with van der Waals surface area (Å²) >= 11 is 0. The van der Waals surface area contributed by atoms with Gasteiger partial charge < -0.3 is 9.84 Å². The molecule has 1 amide bonds. The van der Waals surface area contributed by atoms with E-state index in [2.05, 4.69) is 15.6 Å². The number of non-ortho nitro benzene ring substituents is 1. The van der Waals surface area contributed by atoms with Gasteiger partial charge in [-0.1, -0.05) is 18.2 Å². The van der Waals surface area contributed by atoms with E-state index in [4.69, 9.17) is 4.74 Å². The Hall–Kier alpha value is -4.21. The lowest BCUT2D eigenvalue weighted by Crippen LogP contribution is -2.20. The van der Waals surface area contributed by atoms with Gasteiger partial charge in [0, 0.05) is 22.9 Å². The molecule has 0 saturated carbocycles. The number of nitrogens with one attached hydrogen (secondary N) is 1. The number of ether oxygens (including phenoxy) is 1. The summed E-state index contributed by atoms with van der Waals surface area (Å²) in [4.78, 5) is 23.2. The van der Waals surface area contributed by atoms with Crippen LogP contribution < -0.4 is 10.2 Å². The van der Waals surface area contributed by atoms with Crippen molar-refractivity contribution >= 4 is 17.8 Å². The number of hydrazone groups is 1. The van der Waals surface area contributed by atoms with Gasteiger partial charge in [-0.2, -0.15) is 10.2 Å². The summed E-state index contributed by atoms with van der Waals surface area (Å²) in [5.74, 6) is -0.886. The molecule has 158 valence electrons. The Kier molecular flexibility index (Phi) is 5.35. The summed E-state index contributed by atoms with van der Waals surface area (Å²) in [7, 11) is 1.28. The highest BCUT2D eigenvalue weighted by Crippen LogP contribution is 2.33. The van der Waals surface area contributed by atoms with Crippen molar-refractivity contribution in [1.82, 2.24) is 15.2 Å². The van der Waals surface area contributed by atoms with E-state index in [1.54, 1.807) is 4.68 Å². The molecule has 1 aromatic heterocycles. The largest absolute Gasteiger partial charge is 0.504 e. The minimum absolute atomic E-state index is 0.0337. The van der Waals surface area contributed by atoms with Crippen LogP contribution in [0.2, 0.25) is 0 Å². The zero-order chi connectivity index (χ0) is 22.0. The number of aromatic hydroxyl groups is 1. The van der Waals surface area contributed by atoms with Crippen molar-refractivity contribution in [1.29, 1.82) is 0 Å². The Balaban J connectivity index is 1.59. The minimum Gasteiger partial charge on any atom is -0.504 e. The van der Waals surface area contributed by atoms with Crippen LogP contribution >= 0.6 is 0 Å². The van der Waals surface area contributed by atoms with Crippen molar-refractivity contribution in [2.24, 2.45) is 5.10 Å². The smallest absolute Gasteiger partial charge is 0.292 e. The minimum atomic E-state index is -0.614. The topological polar surface area (TPSA) is 132 Å². The van der Waals surface area contributed by atoms with Gasteiger partial charge in [0.15, 0.2) is 17.2 Å². The van der Waals surface area contributed by atoms with Gasteiger partial charge in [0.2, 0.25) is 0 Å². The molecule has 0 aliphatic heterocycles. The van der Waals surface area contributed by atoms with Crippen molar-refractivity contribution in [2.45, 2.75) is 19.3 Å². The van der Waals surface area contributed by atoms with Crippen molar-refractivity contribution in [2.75, 3.05) is 7.11 Å². The number of benzene rings is 2. The summed E-state index contributed by atoms with van der Waals surface area (Å²) in [6, 6.07) is 11.8. The van der Waals surface area contributed by atoms with Crippen LogP contribution in [0.15, 0.2) is 47.6 Å². The number of para-hydroxylation sites is 1. The van der Waals surface area contributed by atoms with Gasteiger partial charge in [0.05, 0.1) is 30.0 Å². The summed E-state index contributed by atoms with van der Waals surface area (Å²) in [5, 5.41) is 29.6. The Labute approximate surface area is 176 Å². The molecule has 31 heavy (non-hydrogen) atoms. The Morgan fingerprint density at radius 3 is 2.81 bits per heavy atom. The second-order valence-electron chi connectivity index (χ2n) is 6.92. The van der Waals surface area contributed by atoms with Crippen LogP contribution in [0, 0.1) is 10.1 Å². The molecule has 1 aliphatic carbocycles. The van der Waals surface area contributed by atoms with Crippen LogP contribution in [0.5, 0.6) is 11.5 Å². The number of nitrogens with zero attached hydrogens (tertiary/aromatic N) is 4. The van der Waals surface area contributed by atoms with Crippen LogP contribution in [0.4, 0.5) is 5.69 Å². The fourth-order valence-corrected chi connectivity index (χ4v) is 3.59. The molecule has 1 aliphatic rings. The first-order chi connectivity index (χ1) is 15.0. The first-order valence-corrected chi connectivity index (χ1v) is 9.54. The molecule has 0 spiro atoms. The maximum atomic E-state index is 12.7. The van der Waals surface area contributed by atoms with Crippen LogP contribution in [-0.2, 0) is 12.8 Å². The third-order valence-corrected chi connectivity index (χ3v) is 5.04. The number of aromatic nitrogens is 2. The molecule has 0 atom stereocenters. The molecule has 1 heterocycles. The number of phenolic OH excluding ortho intramolecular Hbond substituents is 1. The quantitative estimate of drug-likeness (QED) is 0.357. The molecule has 10 nitrogen and oxygen atoms in total. The first kappa shape index (κ1) is 20.1. The van der Waals surface area contributed by atoms with E-state index in [-0.39, 0.29) is 28.4 Å². The zero-order valence-corrected chi connectivity index (χ0v) is 16.6. The van der Waals surface area contributed by atoms with E-state index in [1.807, 2.05) is 30.3 Å². The van der Waals surface area contributed by atoms with E-state index in [9.17, 15) is 20.0 Å². The Morgan fingerprint density at radius 2 is 2.10 bits per heavy atom. The molecule has 0 saturated heterocycles. The van der Waals surface area contributed by atoms with Gasteiger partial charge in [0.1, 0.15) is 0 Å². The lowest BCUT2D eigenvalue weighted by Gasteiger charge is -2.06. The van der Waals surface area contributed by atoms with Crippen LogP contribution in [0.3, 0.4) is 0 Å². The SMILES string of the molecule is COc1cc([N+](=O)[O-])cc(/C=N/NC(=O)c2nn(-c3ccccc3)c3c2CCC3)c1O. The van der Waals surface area contributed by atoms with E-state index in [0.717, 1.165) is 54.6 Å². The number of hydrogen-bond acceptors (Lipinski definition) is 7. The normalized spacial score (nSPS) is 12.7. The maximum absolute atomic E-state index is 12.7. The lowest BCUT2D eigenvalue weighted by molar-refractivity contribution is -0.385. The summed E-state index contributed by atoms with van der Waals surface area (Å²) in [6.45, 7) is 0. The van der Waals surface area contributed by atoms with Crippen molar-refractivity contribution < 1.29 is 19.6 Å². The predicted molar refractivity (Wildman–Crippen MR) is 112 cm³/mol. The predicted octanol–water partition coefficient (Wildman–Crippen LogP) is 2.75. The second-order valence-corrected chi connectivity index (χ2v) is 6.92. The molecule has 0 fully saturated rings. The zero-order valence-electron chi connectivity index (χ0n) is 16.6. The molecule has 2 N–H and O–H groups in total. The van der Waals surface area contributed by atoms with E-state index in [1.165, 1.54) is 7.11 Å². The average Bonchev–Trinajstić information content (AvgIpc) is 3.38. The first-order valence-electron chi connectivity index (χ1n) is 9.54. The van der Waals surface area contributed by atoms with Gasteiger partial charge in [-0.25, -0.2) is 10.1 Å². The summed E-state index contributed by atoms with van der Waals surface area (Å²) < 4.78 is 6.73. The summed E-state index contributed by atoms with van der Waals surface area (Å²) in [6.07, 6.45) is 3.63. The standard InChI is InChI=1S/C21H19N5O5/c1-31-18-11-15(26(29)30)10-13(20(18)27)12-22-23-21(28)19-16-8-5-9-17(16)25(24-19)14-6-3-2-4-7-14/h2-4,6-7,10-12,27H,5,8-9H2,1H3,(H,23,28)/b22-12+. The number of nitro benzene ring substituents is 1. The molecule has 3 aromatic rings. The number of carbonyl (C=O) groups excluding carboxylic acids is 1. The number of phenols is 1. The van der Waals surface area contributed by atoms with E-state index >= 15 is 0 Å². The summed E-state index contributed by atoms with van der Waals surface area (Å²) in [5.41, 5.74) is 5.19. The monoisotopic (exact) mass is 421 g/mol. The molecule has 0 radical (unpaired) electrons. The Bertz CT molecular complexity index is 1190. The number of amides is 1. The third-order valence-electron chi connectivity index (χ3n) is 5.04. The number of fused-ring (bicyclic) bond motifs is 1. The fourth-order valence-electron chi connectivity index (χ4n) is 3.59. The van der Waals surface area contributed by atoms with Gasteiger partial charge >= 0.3 is 0 Å². The van der Waals surface area contributed by atoms with Gasteiger partial charge in [-0.15, -0.1) is 0 Å². The average molecular weight is 421 g/mol. The highest BCUT2D eigenvalue weighted by Gasteiger charge is 2.26. The molecule has 0 bridgehead atoms. The van der Waals surface area contributed by atoms with Crippen LogP contribution in [-0.4, -0.2) is 39.0 Å². The van der Waals surface area contributed by atoms with Gasteiger partial charge in [-0.3, -0.25) is 14.9 Å². The number of carbonyl (C=O) groups is 1. The Morgan fingerprint density at radius 1 is 1.32 bits per heavy atom. The molecule has 0 unspecified atom stereocenters. The molecule has 4 rings (SSSR count). The number of hydrogen-bond donors (Lipinski definition) is 2. The number of rotatable bonds is 6. The van der Waals surface area contributed by atoms with Crippen molar-refractivity contribution in [3.63, 3.8) is 0 Å². The second kappa shape index (κ2) is 8.27. The van der Waals surface area contributed by atoms with Gasteiger partial charge in [0.25, 0.3) is 11.6 Å². The number of methoxy groups -OCH3 is 1. The highest BCUT2D eigenvalue weighted by molar-refractivity contribution is 5.95. The lowest BCUT2D eigenvalue weighted by atomic mass is 10.1. The third kappa shape index (κ3) is 3.82. The molecular formula is C21H19N5O5. The molecule has 2 aromatic carbocycles. The van der Waals surface area contributed by atoms with Crippen LogP contribution in [0.25, 0.3) is 5.69 Å². The maximum Gasteiger partial charge on any atom is 0.292 e. The van der Waals surface area contributed by atoms with Crippen LogP contribution in [0.1, 0.15) is 33.7 Å². The van der Waals surface area contributed by atoms with E-state index < -0.39 is 10.8 Å².